The first-order valence-corrected chi connectivity index (χ1v) is 7.67. The van der Waals surface area contributed by atoms with Crippen molar-refractivity contribution in [3.63, 3.8) is 0 Å². The first-order chi connectivity index (χ1) is 10.7. The SMILES string of the molecule is CN(CC1(C)C=C(C#N)C(=O)C(C)(C)C1)C(=O)c1ccccc1. The molecule has 0 radical (unpaired) electrons. The fraction of sp³-hybridized carbons (Fsp3) is 0.421. The predicted octanol–water partition coefficient (Wildman–Crippen LogP) is 3.21. The summed E-state index contributed by atoms with van der Waals surface area (Å²) in [4.78, 5) is 26.4. The average molecular weight is 310 g/mol. The Labute approximate surface area is 137 Å². The van der Waals surface area contributed by atoms with E-state index in [1.165, 1.54) is 0 Å². The van der Waals surface area contributed by atoms with Crippen LogP contribution < -0.4 is 0 Å². The van der Waals surface area contributed by atoms with Crippen LogP contribution in [0.4, 0.5) is 0 Å². The third kappa shape index (κ3) is 3.50. The van der Waals surface area contributed by atoms with E-state index in [4.69, 9.17) is 0 Å². The lowest BCUT2D eigenvalue weighted by Gasteiger charge is -2.40. The molecule has 1 atom stereocenters. The Morgan fingerprint density at radius 2 is 1.87 bits per heavy atom. The standard InChI is InChI=1S/C19H22N2O2/c1-18(2)12-19(3,10-15(11-20)16(18)22)13-21(4)17(23)14-8-6-5-7-9-14/h5-10H,12-13H2,1-4H3. The summed E-state index contributed by atoms with van der Waals surface area (Å²) < 4.78 is 0. The van der Waals surface area contributed by atoms with Crippen molar-refractivity contribution in [1.29, 1.82) is 5.26 Å². The Morgan fingerprint density at radius 1 is 1.26 bits per heavy atom. The smallest absolute Gasteiger partial charge is 0.253 e. The number of hydrogen-bond donors (Lipinski definition) is 0. The molecule has 4 nitrogen and oxygen atoms in total. The molecule has 1 aliphatic rings. The van der Waals surface area contributed by atoms with E-state index in [1.54, 1.807) is 30.2 Å². The van der Waals surface area contributed by atoms with Crippen molar-refractivity contribution >= 4 is 11.7 Å². The number of nitriles is 1. The molecule has 1 aromatic rings. The monoisotopic (exact) mass is 310 g/mol. The molecule has 2 rings (SSSR count). The van der Waals surface area contributed by atoms with Crippen LogP contribution in [0, 0.1) is 22.2 Å². The second-order valence-corrected chi connectivity index (χ2v) is 7.24. The van der Waals surface area contributed by atoms with Crippen molar-refractivity contribution in [3.8, 4) is 6.07 Å². The van der Waals surface area contributed by atoms with Crippen LogP contribution in [0.25, 0.3) is 0 Å². The summed E-state index contributed by atoms with van der Waals surface area (Å²) in [6.45, 7) is 6.17. The molecule has 23 heavy (non-hydrogen) atoms. The van der Waals surface area contributed by atoms with Crippen LogP contribution in [0.5, 0.6) is 0 Å². The highest BCUT2D eigenvalue weighted by Crippen LogP contribution is 2.42. The maximum Gasteiger partial charge on any atom is 0.253 e. The van der Waals surface area contributed by atoms with Crippen LogP contribution in [0.1, 0.15) is 37.6 Å². The Balaban J connectivity index is 2.24. The number of carbonyl (C=O) groups excluding carboxylic acids is 2. The zero-order valence-electron chi connectivity index (χ0n) is 14.1. The van der Waals surface area contributed by atoms with Gasteiger partial charge in [0.2, 0.25) is 0 Å². The van der Waals surface area contributed by atoms with Crippen LogP contribution in [-0.4, -0.2) is 30.2 Å². The van der Waals surface area contributed by atoms with Crippen molar-refractivity contribution < 1.29 is 9.59 Å². The summed E-state index contributed by atoms with van der Waals surface area (Å²) in [5.41, 5.74) is -0.161. The molecule has 0 aromatic heterocycles. The Morgan fingerprint density at radius 3 is 2.43 bits per heavy atom. The Bertz CT molecular complexity index is 698. The lowest BCUT2D eigenvalue weighted by molar-refractivity contribution is -0.125. The minimum absolute atomic E-state index is 0.0616. The minimum Gasteiger partial charge on any atom is -0.341 e. The molecule has 0 heterocycles. The highest BCUT2D eigenvalue weighted by molar-refractivity contribution is 6.03. The van der Waals surface area contributed by atoms with Crippen LogP contribution in [0.15, 0.2) is 42.0 Å². The Kier molecular flexibility index (Phi) is 4.42. The summed E-state index contributed by atoms with van der Waals surface area (Å²) in [6.07, 6.45) is 2.34. The van der Waals surface area contributed by atoms with Gasteiger partial charge in [-0.2, -0.15) is 5.26 Å². The molecular formula is C19H22N2O2. The Hall–Kier alpha value is -2.41. The van der Waals surface area contributed by atoms with Gasteiger partial charge in [0.05, 0.1) is 5.57 Å². The van der Waals surface area contributed by atoms with E-state index in [-0.39, 0.29) is 17.3 Å². The van der Waals surface area contributed by atoms with E-state index >= 15 is 0 Å². The summed E-state index contributed by atoms with van der Waals surface area (Å²) in [5, 5.41) is 9.23. The van der Waals surface area contributed by atoms with Gasteiger partial charge in [0.25, 0.3) is 5.91 Å². The first kappa shape index (κ1) is 17.0. The second kappa shape index (κ2) is 6.00. The zero-order valence-corrected chi connectivity index (χ0v) is 14.1. The predicted molar refractivity (Wildman–Crippen MR) is 88.6 cm³/mol. The fourth-order valence-electron chi connectivity index (χ4n) is 3.52. The lowest BCUT2D eigenvalue weighted by atomic mass is 9.65. The van der Waals surface area contributed by atoms with Gasteiger partial charge in [-0.3, -0.25) is 9.59 Å². The number of carbonyl (C=O) groups is 2. The maximum atomic E-state index is 12.5. The number of nitrogens with zero attached hydrogens (tertiary/aromatic N) is 2. The summed E-state index contributed by atoms with van der Waals surface area (Å²) >= 11 is 0. The minimum atomic E-state index is -0.592. The average Bonchev–Trinajstić information content (AvgIpc) is 2.50. The summed E-state index contributed by atoms with van der Waals surface area (Å²) in [6, 6.07) is 11.1. The van der Waals surface area contributed by atoms with Crippen molar-refractivity contribution in [2.45, 2.75) is 27.2 Å². The van der Waals surface area contributed by atoms with Gasteiger partial charge in [0.1, 0.15) is 6.07 Å². The molecule has 1 amide bonds. The number of ketones is 1. The number of Topliss-reactive ketones (excluding diaryl/α,β-unsaturated/α-hetero) is 1. The highest BCUT2D eigenvalue weighted by atomic mass is 16.2. The van der Waals surface area contributed by atoms with Gasteiger partial charge in [-0.1, -0.05) is 45.0 Å². The topological polar surface area (TPSA) is 61.2 Å². The largest absolute Gasteiger partial charge is 0.341 e. The molecule has 0 N–H and O–H groups in total. The number of benzene rings is 1. The normalized spacial score (nSPS) is 22.9. The molecule has 1 aromatic carbocycles. The molecule has 0 spiro atoms. The summed E-state index contributed by atoms with van der Waals surface area (Å²) in [5.74, 6) is -0.178. The molecule has 0 bridgehead atoms. The van der Waals surface area contributed by atoms with Gasteiger partial charge < -0.3 is 4.90 Å². The van der Waals surface area contributed by atoms with Gasteiger partial charge in [0.15, 0.2) is 5.78 Å². The molecule has 0 saturated heterocycles. The number of amides is 1. The first-order valence-electron chi connectivity index (χ1n) is 7.67. The number of rotatable bonds is 3. The third-order valence-corrected chi connectivity index (χ3v) is 4.28. The fourth-order valence-corrected chi connectivity index (χ4v) is 3.52. The molecule has 120 valence electrons. The molecule has 1 unspecified atom stereocenters. The maximum absolute atomic E-state index is 12.5. The van der Waals surface area contributed by atoms with Gasteiger partial charge in [-0.15, -0.1) is 0 Å². The number of hydrogen-bond acceptors (Lipinski definition) is 3. The van der Waals surface area contributed by atoms with Crippen molar-refractivity contribution in [1.82, 2.24) is 4.90 Å². The molecule has 1 aliphatic carbocycles. The molecule has 0 fully saturated rings. The van der Waals surface area contributed by atoms with E-state index in [2.05, 4.69) is 0 Å². The van der Waals surface area contributed by atoms with E-state index in [0.29, 0.717) is 18.5 Å². The van der Waals surface area contributed by atoms with Crippen molar-refractivity contribution in [2.24, 2.45) is 10.8 Å². The van der Waals surface area contributed by atoms with E-state index < -0.39 is 10.8 Å². The third-order valence-electron chi connectivity index (χ3n) is 4.28. The van der Waals surface area contributed by atoms with E-state index in [0.717, 1.165) is 0 Å². The van der Waals surface area contributed by atoms with Crippen molar-refractivity contribution in [3.05, 3.63) is 47.5 Å². The summed E-state index contributed by atoms with van der Waals surface area (Å²) in [7, 11) is 1.75. The van der Waals surface area contributed by atoms with Gasteiger partial charge in [0, 0.05) is 30.0 Å². The zero-order chi connectivity index (χ0) is 17.3. The quantitative estimate of drug-likeness (QED) is 0.861. The van der Waals surface area contributed by atoms with E-state index in [1.807, 2.05) is 45.0 Å². The highest BCUT2D eigenvalue weighted by Gasteiger charge is 2.43. The van der Waals surface area contributed by atoms with Crippen LogP contribution >= 0.6 is 0 Å². The van der Waals surface area contributed by atoms with Crippen LogP contribution in [0.3, 0.4) is 0 Å². The van der Waals surface area contributed by atoms with Gasteiger partial charge in [-0.05, 0) is 18.6 Å². The molecule has 0 aliphatic heterocycles. The van der Waals surface area contributed by atoms with Gasteiger partial charge in [-0.25, -0.2) is 0 Å². The molecular weight excluding hydrogens is 288 g/mol. The molecule has 4 heteroatoms. The lowest BCUT2D eigenvalue weighted by Crippen LogP contribution is -2.44. The van der Waals surface area contributed by atoms with Crippen LogP contribution in [0.2, 0.25) is 0 Å². The molecule has 0 saturated carbocycles. The second-order valence-electron chi connectivity index (χ2n) is 7.24. The van der Waals surface area contributed by atoms with Crippen LogP contribution in [-0.2, 0) is 4.79 Å². The number of allylic oxidation sites excluding steroid dienone is 1. The van der Waals surface area contributed by atoms with E-state index in [9.17, 15) is 14.9 Å². The van der Waals surface area contributed by atoms with Crippen molar-refractivity contribution in [2.75, 3.05) is 13.6 Å². The van der Waals surface area contributed by atoms with Gasteiger partial charge >= 0.3 is 0 Å².